The van der Waals surface area contributed by atoms with Crippen molar-refractivity contribution < 1.29 is 30.4 Å². The number of hydrogen-bond donors (Lipinski definition) is 1. The van der Waals surface area contributed by atoms with Crippen molar-refractivity contribution in [2.75, 3.05) is 40.8 Å². The molecule has 0 rings (SSSR count). The van der Waals surface area contributed by atoms with Gasteiger partial charge in [0.05, 0.1) is 0 Å². The first-order valence-corrected chi connectivity index (χ1v) is 15.1. The molecule has 146 valence electrons. The smallest absolute Gasteiger partial charge is 0.394 e. The Morgan fingerprint density at radius 3 is 1.83 bits per heavy atom. The molecule has 0 aliphatic carbocycles. The van der Waals surface area contributed by atoms with E-state index in [1.54, 1.807) is 14.2 Å². The highest BCUT2D eigenvalue weighted by Crippen LogP contribution is 2.26. The lowest BCUT2D eigenvalue weighted by Crippen LogP contribution is -2.60. The molecule has 11 heteroatoms. The minimum atomic E-state index is -3.24. The Morgan fingerprint density at radius 2 is 1.42 bits per heavy atom. The number of rotatable bonds is 15. The number of unbranched alkanes of at least 4 members (excludes halogenated alkanes) is 1. The van der Waals surface area contributed by atoms with E-state index in [4.69, 9.17) is 30.4 Å². The normalized spacial score (nSPS) is 13.5. The molecule has 0 atom stereocenters. The Kier molecular flexibility index (Phi) is 12.5. The summed E-state index contributed by atoms with van der Waals surface area (Å²) in [6.45, 7) is 6.44. The van der Waals surface area contributed by atoms with Crippen LogP contribution in [0.5, 0.6) is 0 Å². The summed E-state index contributed by atoms with van der Waals surface area (Å²) in [7, 11) is -2.48. The molecule has 0 bridgehead atoms. The molecule has 0 aromatic rings. The SMILES string of the molecule is CCCCO[Si](OC)(OC)O[Si](C)(C)O[Si](CCCS)(OC)OC. The van der Waals surface area contributed by atoms with Gasteiger partial charge in [0.25, 0.3) is 0 Å². The summed E-state index contributed by atoms with van der Waals surface area (Å²) >= 11 is 4.25. The van der Waals surface area contributed by atoms with Crippen LogP contribution in [0.15, 0.2) is 0 Å². The monoisotopic (exact) mass is 418 g/mol. The van der Waals surface area contributed by atoms with Gasteiger partial charge in [-0.05, 0) is 31.7 Å². The van der Waals surface area contributed by atoms with Crippen molar-refractivity contribution in [2.24, 2.45) is 0 Å². The lowest BCUT2D eigenvalue weighted by atomic mass is 10.4. The Morgan fingerprint density at radius 1 is 0.833 bits per heavy atom. The van der Waals surface area contributed by atoms with Gasteiger partial charge in [0.15, 0.2) is 0 Å². The van der Waals surface area contributed by atoms with Crippen LogP contribution in [0.4, 0.5) is 0 Å². The van der Waals surface area contributed by atoms with Crippen molar-refractivity contribution in [3.63, 3.8) is 0 Å². The van der Waals surface area contributed by atoms with Gasteiger partial charge in [-0.25, -0.2) is 0 Å². The highest BCUT2D eigenvalue weighted by Gasteiger charge is 2.53. The standard InChI is InChI=1S/C13H34O7SSi3/c1-8-9-11-18-24(16-4,17-5)20-22(6,7)19-23(14-2,15-3)13-10-12-21/h21H,8-13H2,1-7H3. The number of thiol groups is 1. The van der Waals surface area contributed by atoms with Crippen LogP contribution < -0.4 is 0 Å². The highest BCUT2D eigenvalue weighted by molar-refractivity contribution is 7.80. The quantitative estimate of drug-likeness (QED) is 0.249. The average molecular weight is 419 g/mol. The lowest BCUT2D eigenvalue weighted by molar-refractivity contribution is 0.0189. The molecule has 0 saturated heterocycles. The van der Waals surface area contributed by atoms with E-state index < -0.39 is 26.4 Å². The predicted octanol–water partition coefficient (Wildman–Crippen LogP) is 2.82. The number of hydrogen-bond acceptors (Lipinski definition) is 8. The largest absolute Gasteiger partial charge is 0.670 e. The third-order valence-corrected chi connectivity index (χ3v) is 13.6. The molecular formula is C13H34O7SSi3. The first-order chi connectivity index (χ1) is 11.3. The fraction of sp³-hybridized carbons (Fsp3) is 1.00. The van der Waals surface area contributed by atoms with Crippen molar-refractivity contribution in [1.29, 1.82) is 0 Å². The Bertz CT molecular complexity index is 329. The molecule has 0 unspecified atom stereocenters. The maximum Gasteiger partial charge on any atom is 0.670 e. The Balaban J connectivity index is 5.09. The van der Waals surface area contributed by atoms with E-state index in [1.165, 1.54) is 14.2 Å². The molecule has 0 aromatic heterocycles. The van der Waals surface area contributed by atoms with E-state index in [9.17, 15) is 0 Å². The van der Waals surface area contributed by atoms with Crippen molar-refractivity contribution in [3.05, 3.63) is 0 Å². The lowest BCUT2D eigenvalue weighted by Gasteiger charge is -2.38. The molecule has 0 spiro atoms. The molecule has 0 heterocycles. The minimum Gasteiger partial charge on any atom is -0.394 e. The molecular weight excluding hydrogens is 384 g/mol. The molecule has 0 radical (unpaired) electrons. The van der Waals surface area contributed by atoms with E-state index in [0.717, 1.165) is 25.0 Å². The predicted molar refractivity (Wildman–Crippen MR) is 103 cm³/mol. The van der Waals surface area contributed by atoms with Crippen molar-refractivity contribution in [3.8, 4) is 0 Å². The van der Waals surface area contributed by atoms with E-state index in [1.807, 2.05) is 13.1 Å². The summed E-state index contributed by atoms with van der Waals surface area (Å²) in [6.07, 6.45) is 2.76. The summed E-state index contributed by atoms with van der Waals surface area (Å²) in [4.78, 5) is 0. The van der Waals surface area contributed by atoms with Gasteiger partial charge in [-0.3, -0.25) is 0 Å². The summed E-state index contributed by atoms with van der Waals surface area (Å²) < 4.78 is 40.4. The molecule has 0 amide bonds. The summed E-state index contributed by atoms with van der Waals surface area (Å²) in [5, 5.41) is 0. The summed E-state index contributed by atoms with van der Waals surface area (Å²) in [5.41, 5.74) is 0. The second kappa shape index (κ2) is 12.2. The maximum atomic E-state index is 6.26. The van der Waals surface area contributed by atoms with Crippen LogP contribution in [0.2, 0.25) is 19.1 Å². The van der Waals surface area contributed by atoms with Gasteiger partial charge < -0.3 is 30.4 Å². The van der Waals surface area contributed by atoms with E-state index in [-0.39, 0.29) is 0 Å². The molecule has 24 heavy (non-hydrogen) atoms. The highest BCUT2D eigenvalue weighted by atomic mass is 32.1. The Labute approximate surface area is 155 Å². The van der Waals surface area contributed by atoms with Gasteiger partial charge in [0.1, 0.15) is 0 Å². The van der Waals surface area contributed by atoms with Crippen LogP contribution in [-0.2, 0) is 30.4 Å². The van der Waals surface area contributed by atoms with Gasteiger partial charge in [-0.2, -0.15) is 12.6 Å². The average Bonchev–Trinajstić information content (AvgIpc) is 2.57. The van der Waals surface area contributed by atoms with E-state index in [2.05, 4.69) is 19.6 Å². The van der Waals surface area contributed by atoms with E-state index >= 15 is 0 Å². The van der Waals surface area contributed by atoms with Crippen LogP contribution in [0.3, 0.4) is 0 Å². The van der Waals surface area contributed by atoms with Crippen LogP contribution in [0.1, 0.15) is 26.2 Å². The zero-order chi connectivity index (χ0) is 18.7. The zero-order valence-corrected chi connectivity index (χ0v) is 19.9. The van der Waals surface area contributed by atoms with Gasteiger partial charge in [-0.15, -0.1) is 0 Å². The first-order valence-electron chi connectivity index (χ1n) is 8.14. The molecule has 0 N–H and O–H groups in total. The van der Waals surface area contributed by atoms with Crippen LogP contribution in [-0.4, -0.2) is 67.2 Å². The van der Waals surface area contributed by atoms with Gasteiger partial charge in [-0.1, -0.05) is 13.3 Å². The van der Waals surface area contributed by atoms with Crippen LogP contribution >= 0.6 is 12.6 Å². The third-order valence-electron chi connectivity index (χ3n) is 3.31. The summed E-state index contributed by atoms with van der Waals surface area (Å²) in [6, 6.07) is 0.675. The van der Waals surface area contributed by atoms with Crippen molar-refractivity contribution in [1.82, 2.24) is 0 Å². The summed E-state index contributed by atoms with van der Waals surface area (Å²) in [5.74, 6) is 0.739. The molecule has 0 fully saturated rings. The minimum absolute atomic E-state index is 0.520. The molecule has 0 aliphatic rings. The van der Waals surface area contributed by atoms with Gasteiger partial charge >= 0.3 is 26.4 Å². The van der Waals surface area contributed by atoms with Gasteiger partial charge in [0.2, 0.25) is 0 Å². The molecule has 7 nitrogen and oxygen atoms in total. The Hall–Kier alpha value is 0.721. The second-order valence-corrected chi connectivity index (χ2v) is 15.3. The fourth-order valence-electron chi connectivity index (χ4n) is 2.07. The zero-order valence-electron chi connectivity index (χ0n) is 16.0. The molecule has 0 aliphatic heterocycles. The van der Waals surface area contributed by atoms with Crippen LogP contribution in [0.25, 0.3) is 0 Å². The maximum absolute atomic E-state index is 6.26. The fourth-order valence-corrected chi connectivity index (χ4v) is 12.4. The van der Waals surface area contributed by atoms with E-state index in [0.29, 0.717) is 12.7 Å². The van der Waals surface area contributed by atoms with Crippen molar-refractivity contribution in [2.45, 2.75) is 45.3 Å². The second-order valence-electron chi connectivity index (χ2n) is 5.63. The third kappa shape index (κ3) is 8.40. The molecule has 0 saturated carbocycles. The van der Waals surface area contributed by atoms with Crippen LogP contribution in [0, 0.1) is 0 Å². The first kappa shape index (κ1) is 24.7. The topological polar surface area (TPSA) is 64.6 Å². The van der Waals surface area contributed by atoms with Crippen molar-refractivity contribution >= 4 is 39.0 Å². The molecule has 0 aromatic carbocycles. The van der Waals surface area contributed by atoms with Gasteiger partial charge in [0, 0.05) is 41.1 Å².